The summed E-state index contributed by atoms with van der Waals surface area (Å²) in [6.07, 6.45) is 0. The molecule has 0 spiro atoms. The van der Waals surface area contributed by atoms with Gasteiger partial charge in [-0.2, -0.15) is 0 Å². The zero-order valence-electron chi connectivity index (χ0n) is 16.9. The van der Waals surface area contributed by atoms with E-state index in [0.29, 0.717) is 35.4 Å². The van der Waals surface area contributed by atoms with Crippen LogP contribution in [0.4, 0.5) is 11.6 Å². The van der Waals surface area contributed by atoms with Gasteiger partial charge in [0.15, 0.2) is 11.5 Å². The highest BCUT2D eigenvalue weighted by molar-refractivity contribution is 6.03. The zero-order chi connectivity index (χ0) is 20.8. The molecule has 0 saturated carbocycles. The predicted molar refractivity (Wildman–Crippen MR) is 113 cm³/mol. The lowest BCUT2D eigenvalue weighted by molar-refractivity contribution is 0.102. The number of nitrogens with zero attached hydrogens (tertiary/aromatic N) is 2. The van der Waals surface area contributed by atoms with Crippen LogP contribution in [-0.2, 0) is 6.54 Å². The predicted octanol–water partition coefficient (Wildman–Crippen LogP) is 3.98. The molecule has 2 N–H and O–H groups in total. The van der Waals surface area contributed by atoms with Crippen molar-refractivity contribution in [2.24, 2.45) is 0 Å². The number of carbonyl (C=O) groups is 1. The number of hydrogen-bond acceptors (Lipinski definition) is 6. The van der Waals surface area contributed by atoms with Crippen molar-refractivity contribution in [3.05, 3.63) is 71.0 Å². The Morgan fingerprint density at radius 3 is 2.48 bits per heavy atom. The van der Waals surface area contributed by atoms with E-state index in [9.17, 15) is 4.79 Å². The molecule has 0 radical (unpaired) electrons. The summed E-state index contributed by atoms with van der Waals surface area (Å²) < 4.78 is 10.6. The minimum atomic E-state index is -0.282. The van der Waals surface area contributed by atoms with Crippen LogP contribution in [0.15, 0.2) is 48.5 Å². The average molecular weight is 392 g/mol. The van der Waals surface area contributed by atoms with Crippen LogP contribution in [0.2, 0.25) is 0 Å². The van der Waals surface area contributed by atoms with Gasteiger partial charge in [0.05, 0.1) is 14.2 Å². The minimum Gasteiger partial charge on any atom is -0.493 e. The molecule has 3 rings (SSSR count). The number of aryl methyl sites for hydroxylation is 2. The number of amides is 1. The molecule has 0 atom stereocenters. The molecule has 29 heavy (non-hydrogen) atoms. The van der Waals surface area contributed by atoms with Gasteiger partial charge >= 0.3 is 0 Å². The Morgan fingerprint density at radius 1 is 0.966 bits per heavy atom. The van der Waals surface area contributed by atoms with Gasteiger partial charge in [0.1, 0.15) is 5.69 Å². The first-order valence-electron chi connectivity index (χ1n) is 9.17. The lowest BCUT2D eigenvalue weighted by Crippen LogP contribution is -2.16. The van der Waals surface area contributed by atoms with E-state index in [4.69, 9.17) is 9.47 Å². The highest BCUT2D eigenvalue weighted by atomic mass is 16.5. The van der Waals surface area contributed by atoms with Crippen LogP contribution >= 0.6 is 0 Å². The Labute approximate surface area is 170 Å². The van der Waals surface area contributed by atoms with Crippen LogP contribution in [0, 0.1) is 13.8 Å². The van der Waals surface area contributed by atoms with Gasteiger partial charge in [0.2, 0.25) is 5.95 Å². The third kappa shape index (κ3) is 5.22. The number of nitrogens with one attached hydrogen (secondary N) is 2. The molecule has 0 aliphatic rings. The van der Waals surface area contributed by atoms with Gasteiger partial charge in [-0.3, -0.25) is 4.79 Å². The summed E-state index contributed by atoms with van der Waals surface area (Å²) in [7, 11) is 3.19. The Hall–Kier alpha value is -3.61. The second-order valence-corrected chi connectivity index (χ2v) is 6.58. The topological polar surface area (TPSA) is 85.4 Å². The summed E-state index contributed by atoms with van der Waals surface area (Å²) in [5, 5.41) is 6.03. The van der Waals surface area contributed by atoms with Crippen LogP contribution in [0.5, 0.6) is 11.5 Å². The summed E-state index contributed by atoms with van der Waals surface area (Å²) in [5.41, 5.74) is 3.77. The molecule has 7 nitrogen and oxygen atoms in total. The van der Waals surface area contributed by atoms with Crippen LogP contribution in [-0.4, -0.2) is 30.1 Å². The first-order valence-corrected chi connectivity index (χ1v) is 9.17. The van der Waals surface area contributed by atoms with Crippen molar-refractivity contribution in [1.29, 1.82) is 0 Å². The number of carbonyl (C=O) groups excluding carboxylic acids is 1. The van der Waals surface area contributed by atoms with E-state index in [1.54, 1.807) is 20.3 Å². The van der Waals surface area contributed by atoms with Gasteiger partial charge in [-0.15, -0.1) is 0 Å². The SMILES string of the molecule is COc1ccc(CNc2nc(C)cc(C(=O)Nc3cccc(C)c3)n2)cc1OC. The van der Waals surface area contributed by atoms with E-state index in [2.05, 4.69) is 20.6 Å². The second kappa shape index (κ2) is 9.05. The molecule has 2 aromatic carbocycles. The summed E-state index contributed by atoms with van der Waals surface area (Å²) in [6, 6.07) is 14.9. The number of anilines is 2. The van der Waals surface area contributed by atoms with Gasteiger partial charge in [0.25, 0.3) is 5.91 Å². The van der Waals surface area contributed by atoms with E-state index in [1.807, 2.05) is 56.3 Å². The standard InChI is InChI=1S/C22H24N4O3/c1-14-6-5-7-17(10-14)25-21(27)18-11-15(2)24-22(26-18)23-13-16-8-9-19(28-3)20(12-16)29-4/h5-12H,13H2,1-4H3,(H,25,27)(H,23,24,26). The maximum absolute atomic E-state index is 12.6. The second-order valence-electron chi connectivity index (χ2n) is 6.58. The number of methoxy groups -OCH3 is 2. The molecule has 1 heterocycles. The quantitative estimate of drug-likeness (QED) is 0.633. The minimum absolute atomic E-state index is 0.282. The molecule has 0 saturated heterocycles. The van der Waals surface area contributed by atoms with Crippen molar-refractivity contribution in [2.75, 3.05) is 24.9 Å². The van der Waals surface area contributed by atoms with Crippen molar-refractivity contribution < 1.29 is 14.3 Å². The average Bonchev–Trinajstić information content (AvgIpc) is 2.71. The van der Waals surface area contributed by atoms with E-state index < -0.39 is 0 Å². The molecule has 7 heteroatoms. The Bertz CT molecular complexity index is 1020. The summed E-state index contributed by atoms with van der Waals surface area (Å²) in [6.45, 7) is 4.27. The van der Waals surface area contributed by atoms with Gasteiger partial charge in [0, 0.05) is 17.9 Å². The third-order valence-corrected chi connectivity index (χ3v) is 4.26. The fraction of sp³-hybridized carbons (Fsp3) is 0.227. The van der Waals surface area contributed by atoms with Crippen molar-refractivity contribution in [3.63, 3.8) is 0 Å². The van der Waals surface area contributed by atoms with Crippen molar-refractivity contribution >= 4 is 17.5 Å². The summed E-state index contributed by atoms with van der Waals surface area (Å²) in [5.74, 6) is 1.41. The molecule has 0 bridgehead atoms. The fourth-order valence-corrected chi connectivity index (χ4v) is 2.85. The first-order chi connectivity index (χ1) is 14.0. The molecule has 0 fully saturated rings. The lowest BCUT2D eigenvalue weighted by Gasteiger charge is -2.11. The Balaban J connectivity index is 1.72. The number of aromatic nitrogens is 2. The van der Waals surface area contributed by atoms with Crippen LogP contribution in [0.3, 0.4) is 0 Å². The van der Waals surface area contributed by atoms with Gasteiger partial charge < -0.3 is 20.1 Å². The van der Waals surface area contributed by atoms with E-state index in [1.165, 1.54) is 0 Å². The largest absolute Gasteiger partial charge is 0.493 e. The number of ether oxygens (including phenoxy) is 2. The highest BCUT2D eigenvalue weighted by Gasteiger charge is 2.12. The molecule has 0 aliphatic heterocycles. The molecular formula is C22H24N4O3. The number of rotatable bonds is 7. The third-order valence-electron chi connectivity index (χ3n) is 4.26. The van der Waals surface area contributed by atoms with Crippen LogP contribution in [0.25, 0.3) is 0 Å². The molecule has 0 aliphatic carbocycles. The van der Waals surface area contributed by atoms with Crippen molar-refractivity contribution in [2.45, 2.75) is 20.4 Å². The molecule has 1 amide bonds. The summed E-state index contributed by atoms with van der Waals surface area (Å²) >= 11 is 0. The molecule has 3 aromatic rings. The smallest absolute Gasteiger partial charge is 0.274 e. The molecular weight excluding hydrogens is 368 g/mol. The van der Waals surface area contributed by atoms with E-state index in [-0.39, 0.29) is 5.91 Å². The van der Waals surface area contributed by atoms with Gasteiger partial charge in [-0.1, -0.05) is 18.2 Å². The Kier molecular flexibility index (Phi) is 6.29. The molecule has 1 aromatic heterocycles. The zero-order valence-corrected chi connectivity index (χ0v) is 16.9. The summed E-state index contributed by atoms with van der Waals surface area (Å²) in [4.78, 5) is 21.3. The fourth-order valence-electron chi connectivity index (χ4n) is 2.85. The lowest BCUT2D eigenvalue weighted by atomic mass is 10.2. The van der Waals surface area contributed by atoms with Crippen LogP contribution < -0.4 is 20.1 Å². The number of benzene rings is 2. The Morgan fingerprint density at radius 2 is 1.76 bits per heavy atom. The first kappa shape index (κ1) is 20.1. The normalized spacial score (nSPS) is 10.3. The van der Waals surface area contributed by atoms with Crippen molar-refractivity contribution in [1.82, 2.24) is 9.97 Å². The molecule has 150 valence electrons. The van der Waals surface area contributed by atoms with E-state index >= 15 is 0 Å². The van der Waals surface area contributed by atoms with Gasteiger partial charge in [-0.05, 0) is 55.3 Å². The van der Waals surface area contributed by atoms with Crippen LogP contribution in [0.1, 0.15) is 27.3 Å². The number of hydrogen-bond donors (Lipinski definition) is 2. The molecule has 0 unspecified atom stereocenters. The maximum atomic E-state index is 12.6. The van der Waals surface area contributed by atoms with E-state index in [0.717, 1.165) is 16.8 Å². The maximum Gasteiger partial charge on any atom is 0.274 e. The van der Waals surface area contributed by atoms with Gasteiger partial charge in [-0.25, -0.2) is 9.97 Å². The van der Waals surface area contributed by atoms with Crippen molar-refractivity contribution in [3.8, 4) is 11.5 Å². The highest BCUT2D eigenvalue weighted by Crippen LogP contribution is 2.27. The monoisotopic (exact) mass is 392 g/mol.